The Morgan fingerprint density at radius 3 is 1.47 bits per heavy atom. The molecule has 0 unspecified atom stereocenters. The summed E-state index contributed by atoms with van der Waals surface area (Å²) in [4.78, 5) is 15.8. The van der Waals surface area contributed by atoms with Gasteiger partial charge in [-0.15, -0.1) is 0 Å². The second-order valence-corrected chi connectivity index (χ2v) is 14.4. The van der Waals surface area contributed by atoms with Crippen molar-refractivity contribution in [2.75, 3.05) is 0 Å². The van der Waals surface area contributed by atoms with Gasteiger partial charge in [-0.25, -0.2) is 15.0 Å². The molecule has 2 heterocycles. The van der Waals surface area contributed by atoms with Crippen LogP contribution in [0.25, 0.3) is 111 Å². The zero-order chi connectivity index (χ0) is 37.7. The molecule has 57 heavy (non-hydrogen) atoms. The van der Waals surface area contributed by atoms with E-state index in [1.165, 1.54) is 16.5 Å². The molecule has 0 saturated heterocycles. The minimum Gasteiger partial charge on any atom is -0.455 e. The van der Waals surface area contributed by atoms with Gasteiger partial charge in [0, 0.05) is 33.0 Å². The van der Waals surface area contributed by atoms with E-state index in [0.29, 0.717) is 17.5 Å². The molecule has 0 radical (unpaired) electrons. The Hall–Kier alpha value is -7.69. The monoisotopic (exact) mass is 727 g/mol. The Balaban J connectivity index is 1.15. The predicted octanol–water partition coefficient (Wildman–Crippen LogP) is 14.1. The average molecular weight is 728 g/mol. The maximum absolute atomic E-state index is 6.54. The zero-order valence-electron chi connectivity index (χ0n) is 30.8. The van der Waals surface area contributed by atoms with E-state index in [1.807, 2.05) is 24.3 Å². The van der Waals surface area contributed by atoms with Crippen LogP contribution < -0.4 is 0 Å². The van der Waals surface area contributed by atoms with E-state index in [-0.39, 0.29) is 0 Å². The first-order chi connectivity index (χ1) is 28.2. The molecule has 2 aromatic heterocycles. The van der Waals surface area contributed by atoms with Crippen LogP contribution in [0.3, 0.4) is 0 Å². The molecule has 4 nitrogen and oxygen atoms in total. The molecule has 4 heteroatoms. The van der Waals surface area contributed by atoms with Crippen LogP contribution >= 0.6 is 0 Å². The van der Waals surface area contributed by atoms with Crippen molar-refractivity contribution in [1.29, 1.82) is 0 Å². The summed E-state index contributed by atoms with van der Waals surface area (Å²) in [6, 6.07) is 69.9. The highest BCUT2D eigenvalue weighted by molar-refractivity contribution is 6.11. The minimum atomic E-state index is 0.591. The Morgan fingerprint density at radius 1 is 0.281 bits per heavy atom. The number of nitrogens with zero attached hydrogens (tertiary/aromatic N) is 3. The topological polar surface area (TPSA) is 51.8 Å². The Kier molecular flexibility index (Phi) is 7.78. The summed E-state index contributed by atoms with van der Waals surface area (Å²) in [6.45, 7) is 0. The SMILES string of the molecule is c1ccc(-c2ccc3cc(-c4nc(-c5cc(-c6ccccc6)c6ccccc6c5)nc(-c5cc(-c6ccccc6)c6oc7ccccc7c6c5)n4)ccc3c2)cc1. The highest BCUT2D eigenvalue weighted by atomic mass is 16.3. The summed E-state index contributed by atoms with van der Waals surface area (Å²) < 4.78 is 6.54. The van der Waals surface area contributed by atoms with Gasteiger partial charge >= 0.3 is 0 Å². The Morgan fingerprint density at radius 2 is 0.772 bits per heavy atom. The number of benzene rings is 9. The van der Waals surface area contributed by atoms with Crippen LogP contribution in [0.1, 0.15) is 0 Å². The first-order valence-electron chi connectivity index (χ1n) is 19.2. The minimum absolute atomic E-state index is 0.591. The van der Waals surface area contributed by atoms with Crippen LogP contribution in [0, 0.1) is 0 Å². The molecule has 0 bridgehead atoms. The van der Waals surface area contributed by atoms with Crippen molar-refractivity contribution in [2.45, 2.75) is 0 Å². The molecule has 0 N–H and O–H groups in total. The van der Waals surface area contributed by atoms with E-state index in [4.69, 9.17) is 19.4 Å². The molecule has 0 saturated carbocycles. The van der Waals surface area contributed by atoms with Gasteiger partial charge < -0.3 is 4.42 Å². The number of furan rings is 1. The van der Waals surface area contributed by atoms with Gasteiger partial charge in [0.25, 0.3) is 0 Å². The summed E-state index contributed by atoms with van der Waals surface area (Å²) in [7, 11) is 0. The van der Waals surface area contributed by atoms with Crippen LogP contribution in [0.2, 0.25) is 0 Å². The fourth-order valence-electron chi connectivity index (χ4n) is 8.04. The lowest BCUT2D eigenvalue weighted by molar-refractivity contribution is 0.670. The molecule has 0 atom stereocenters. The molecule has 266 valence electrons. The van der Waals surface area contributed by atoms with Gasteiger partial charge in [0.2, 0.25) is 0 Å². The highest BCUT2D eigenvalue weighted by Gasteiger charge is 2.19. The van der Waals surface area contributed by atoms with Gasteiger partial charge in [0.15, 0.2) is 17.5 Å². The number of para-hydroxylation sites is 1. The van der Waals surface area contributed by atoms with E-state index < -0.39 is 0 Å². The van der Waals surface area contributed by atoms with Crippen molar-refractivity contribution >= 4 is 43.5 Å². The van der Waals surface area contributed by atoms with Crippen molar-refractivity contribution in [3.63, 3.8) is 0 Å². The second kappa shape index (κ2) is 13.6. The molecule has 0 amide bonds. The lowest BCUT2D eigenvalue weighted by atomic mass is 9.95. The van der Waals surface area contributed by atoms with Gasteiger partial charge in [0.1, 0.15) is 11.2 Å². The Bertz CT molecular complexity index is 3280. The molecular weight excluding hydrogens is 695 g/mol. The number of hydrogen-bond donors (Lipinski definition) is 0. The van der Waals surface area contributed by atoms with Crippen molar-refractivity contribution in [1.82, 2.24) is 15.0 Å². The summed E-state index contributed by atoms with van der Waals surface area (Å²) in [6.07, 6.45) is 0. The highest BCUT2D eigenvalue weighted by Crippen LogP contribution is 2.40. The van der Waals surface area contributed by atoms with Crippen LogP contribution in [0.4, 0.5) is 0 Å². The summed E-state index contributed by atoms with van der Waals surface area (Å²) in [5, 5.41) is 6.63. The fourth-order valence-corrected chi connectivity index (χ4v) is 8.04. The first-order valence-corrected chi connectivity index (χ1v) is 19.2. The average Bonchev–Trinajstić information content (AvgIpc) is 3.67. The van der Waals surface area contributed by atoms with Crippen LogP contribution in [0.5, 0.6) is 0 Å². The molecule has 0 aliphatic carbocycles. The summed E-state index contributed by atoms with van der Waals surface area (Å²) >= 11 is 0. The smallest absolute Gasteiger partial charge is 0.164 e. The third-order valence-corrected chi connectivity index (χ3v) is 10.9. The van der Waals surface area contributed by atoms with Gasteiger partial charge in [0.05, 0.1) is 0 Å². The van der Waals surface area contributed by atoms with Crippen LogP contribution in [-0.4, -0.2) is 15.0 Å². The Labute approximate surface area is 329 Å². The van der Waals surface area contributed by atoms with Crippen LogP contribution in [0.15, 0.2) is 205 Å². The van der Waals surface area contributed by atoms with Gasteiger partial charge in [-0.1, -0.05) is 158 Å². The molecule has 11 rings (SSSR count). The van der Waals surface area contributed by atoms with Crippen molar-refractivity contribution in [3.8, 4) is 67.5 Å². The molecule has 0 spiro atoms. The third kappa shape index (κ3) is 5.92. The van der Waals surface area contributed by atoms with Crippen LogP contribution in [-0.2, 0) is 0 Å². The van der Waals surface area contributed by atoms with Gasteiger partial charge in [-0.2, -0.15) is 0 Å². The molecule has 0 aliphatic rings. The summed E-state index contributed by atoms with van der Waals surface area (Å²) in [5.74, 6) is 1.81. The number of fused-ring (bicyclic) bond motifs is 5. The lowest BCUT2D eigenvalue weighted by Crippen LogP contribution is -2.01. The van der Waals surface area contributed by atoms with E-state index in [2.05, 4.69) is 176 Å². The predicted molar refractivity (Wildman–Crippen MR) is 235 cm³/mol. The van der Waals surface area contributed by atoms with E-state index in [1.54, 1.807) is 0 Å². The summed E-state index contributed by atoms with van der Waals surface area (Å²) in [5.41, 5.74) is 11.1. The standard InChI is InChI=1S/C53H33N3O/c1-4-14-34(15-5-1)37-24-25-39-29-41(27-26-38(39)28-37)51-54-52(42-30-40-20-10-11-21-44(40)46(31-42)35-16-6-2-7-17-35)56-53(55-51)43-32-47(36-18-8-3-9-19-36)50-48(33-43)45-22-12-13-23-49(45)57-50/h1-33H. The number of hydrogen-bond acceptors (Lipinski definition) is 4. The largest absolute Gasteiger partial charge is 0.455 e. The third-order valence-electron chi connectivity index (χ3n) is 10.9. The molecule has 0 fully saturated rings. The quantitative estimate of drug-likeness (QED) is 0.171. The molecule has 9 aromatic carbocycles. The van der Waals surface area contributed by atoms with E-state index in [0.717, 1.165) is 77.0 Å². The zero-order valence-corrected chi connectivity index (χ0v) is 30.8. The molecule has 0 aliphatic heterocycles. The maximum Gasteiger partial charge on any atom is 0.164 e. The van der Waals surface area contributed by atoms with E-state index >= 15 is 0 Å². The van der Waals surface area contributed by atoms with Gasteiger partial charge in [-0.3, -0.25) is 0 Å². The normalized spacial score (nSPS) is 11.5. The number of aromatic nitrogens is 3. The molecule has 11 aromatic rings. The van der Waals surface area contributed by atoms with E-state index in [9.17, 15) is 0 Å². The number of rotatable bonds is 6. The maximum atomic E-state index is 6.54. The van der Waals surface area contributed by atoms with Gasteiger partial charge in [-0.05, 0) is 91.8 Å². The fraction of sp³-hybridized carbons (Fsp3) is 0. The van der Waals surface area contributed by atoms with Crippen molar-refractivity contribution in [2.24, 2.45) is 0 Å². The van der Waals surface area contributed by atoms with Crippen molar-refractivity contribution < 1.29 is 4.42 Å². The second-order valence-electron chi connectivity index (χ2n) is 14.4. The lowest BCUT2D eigenvalue weighted by Gasteiger charge is -2.13. The first kappa shape index (κ1) is 32.7. The molecular formula is C53H33N3O. The van der Waals surface area contributed by atoms with Crippen molar-refractivity contribution in [3.05, 3.63) is 200 Å².